The number of nitrogens with zero attached hydrogens (tertiary/aromatic N) is 1. The Morgan fingerprint density at radius 1 is 1.19 bits per heavy atom. The number of sulfonamides is 1. The Balaban J connectivity index is 1.82. The summed E-state index contributed by atoms with van der Waals surface area (Å²) >= 11 is 6.16. The van der Waals surface area contributed by atoms with Crippen LogP contribution in [0.3, 0.4) is 0 Å². The predicted molar refractivity (Wildman–Crippen MR) is 123 cm³/mol. The number of rotatable bonds is 9. The Labute approximate surface area is 192 Å². The Hall–Kier alpha value is -2.75. The van der Waals surface area contributed by atoms with Crippen molar-refractivity contribution in [2.24, 2.45) is 0 Å². The quantitative estimate of drug-likeness (QED) is 0.542. The maximum Gasteiger partial charge on any atom is 0.248 e. The lowest BCUT2D eigenvalue weighted by atomic mass is 10.2. The van der Waals surface area contributed by atoms with E-state index in [9.17, 15) is 13.2 Å². The van der Waals surface area contributed by atoms with E-state index < -0.39 is 15.9 Å². The molecule has 0 bridgehead atoms. The van der Waals surface area contributed by atoms with Crippen LogP contribution in [0.15, 0.2) is 41.3 Å². The van der Waals surface area contributed by atoms with Gasteiger partial charge in [-0.1, -0.05) is 25.4 Å². The summed E-state index contributed by atoms with van der Waals surface area (Å²) in [6, 6.07) is 7.90. The molecule has 0 saturated heterocycles. The molecule has 1 amide bonds. The number of nitrogens with one attached hydrogen (secondary N) is 1. The van der Waals surface area contributed by atoms with Gasteiger partial charge >= 0.3 is 0 Å². The molecule has 1 aliphatic rings. The highest BCUT2D eigenvalue weighted by Gasteiger charge is 2.26. The second-order valence-electron chi connectivity index (χ2n) is 6.74. The van der Waals surface area contributed by atoms with Crippen molar-refractivity contribution in [2.75, 3.05) is 31.8 Å². The van der Waals surface area contributed by atoms with Gasteiger partial charge in [0.1, 0.15) is 10.6 Å². The third kappa shape index (κ3) is 5.17. The fourth-order valence-corrected chi connectivity index (χ4v) is 5.09. The van der Waals surface area contributed by atoms with E-state index in [1.165, 1.54) is 22.5 Å². The molecule has 172 valence electrons. The van der Waals surface area contributed by atoms with Crippen molar-refractivity contribution in [3.05, 3.63) is 47.0 Å². The van der Waals surface area contributed by atoms with Crippen molar-refractivity contribution < 1.29 is 27.4 Å². The number of hydrogen-bond acceptors (Lipinski definition) is 6. The lowest BCUT2D eigenvalue weighted by Gasteiger charge is -2.21. The summed E-state index contributed by atoms with van der Waals surface area (Å²) in [5.41, 5.74) is 0.989. The Bertz CT molecular complexity index is 1130. The summed E-state index contributed by atoms with van der Waals surface area (Å²) in [6.45, 7) is 6.35. The number of halogens is 1. The fraction of sp³-hybridized carbons (Fsp3) is 0.318. The summed E-state index contributed by atoms with van der Waals surface area (Å²) in [5.74, 6) is 0.789. The second kappa shape index (κ2) is 10.2. The molecule has 3 rings (SSSR count). The third-order valence-electron chi connectivity index (χ3n) is 4.71. The van der Waals surface area contributed by atoms with Gasteiger partial charge in [0.2, 0.25) is 22.7 Å². The van der Waals surface area contributed by atoms with Crippen molar-refractivity contribution >= 4 is 39.3 Å². The minimum atomic E-state index is -3.78. The zero-order valence-electron chi connectivity index (χ0n) is 18.1. The van der Waals surface area contributed by atoms with Crippen LogP contribution in [0.1, 0.15) is 26.3 Å². The van der Waals surface area contributed by atoms with Gasteiger partial charge in [-0.15, -0.1) is 0 Å². The number of benzene rings is 2. The van der Waals surface area contributed by atoms with Gasteiger partial charge in [-0.05, 0) is 48.9 Å². The molecular weight excluding hydrogens is 456 g/mol. The normalized spacial score (nSPS) is 13.0. The van der Waals surface area contributed by atoms with E-state index in [0.717, 1.165) is 0 Å². The second-order valence-corrected chi connectivity index (χ2v) is 9.06. The molecule has 0 aliphatic carbocycles. The minimum absolute atomic E-state index is 0.00684. The molecule has 0 aromatic heterocycles. The number of amides is 1. The monoisotopic (exact) mass is 480 g/mol. The Kier molecular flexibility index (Phi) is 7.65. The third-order valence-corrected chi connectivity index (χ3v) is 7.06. The molecule has 10 heteroatoms. The van der Waals surface area contributed by atoms with Crippen LogP contribution in [0.5, 0.6) is 17.2 Å². The van der Waals surface area contributed by atoms with Crippen LogP contribution in [0.4, 0.5) is 5.69 Å². The highest BCUT2D eigenvalue weighted by molar-refractivity contribution is 7.89. The van der Waals surface area contributed by atoms with Crippen molar-refractivity contribution in [3.8, 4) is 17.2 Å². The van der Waals surface area contributed by atoms with Crippen molar-refractivity contribution in [1.82, 2.24) is 4.31 Å². The number of ether oxygens (including phenoxy) is 3. The zero-order chi connectivity index (χ0) is 23.3. The molecule has 0 saturated carbocycles. The van der Waals surface area contributed by atoms with E-state index in [0.29, 0.717) is 47.5 Å². The maximum atomic E-state index is 13.0. The number of fused-ring (bicyclic) bond motifs is 1. The molecule has 2 aromatic carbocycles. The molecule has 0 fully saturated rings. The van der Waals surface area contributed by atoms with Crippen LogP contribution in [0, 0.1) is 0 Å². The lowest BCUT2D eigenvalue weighted by Crippen LogP contribution is -2.31. The SMILES string of the molecule is CCOc1ccc(NC(=O)/C=C/c2cc(Cl)c3c(c2)OCO3)cc1S(=O)(=O)N(CC)CC. The van der Waals surface area contributed by atoms with E-state index in [1.807, 2.05) is 0 Å². The van der Waals surface area contributed by atoms with Crippen LogP contribution in [-0.2, 0) is 14.8 Å². The van der Waals surface area contributed by atoms with Crippen molar-refractivity contribution in [2.45, 2.75) is 25.7 Å². The average Bonchev–Trinajstić information content (AvgIpc) is 3.23. The number of carbonyl (C=O) groups excluding carboxylic acids is 1. The molecule has 0 radical (unpaired) electrons. The Morgan fingerprint density at radius 3 is 2.62 bits per heavy atom. The first kappa shape index (κ1) is 23.9. The predicted octanol–water partition coefficient (Wildman–Crippen LogP) is 4.15. The standard InChI is InChI=1S/C22H25ClN2O6S/c1-4-25(5-2)32(27,28)20-13-16(8-9-18(20)29-6-3)24-21(26)10-7-15-11-17(23)22-19(12-15)30-14-31-22/h7-13H,4-6,14H2,1-3H3,(H,24,26)/b10-7+. The van der Waals surface area contributed by atoms with E-state index in [-0.39, 0.29) is 17.4 Å². The molecule has 0 spiro atoms. The number of hydrogen-bond donors (Lipinski definition) is 1. The molecule has 2 aromatic rings. The van der Waals surface area contributed by atoms with Gasteiger partial charge in [0.25, 0.3) is 0 Å². The van der Waals surface area contributed by atoms with Gasteiger partial charge in [0, 0.05) is 24.9 Å². The number of anilines is 1. The summed E-state index contributed by atoms with van der Waals surface area (Å²) in [7, 11) is -3.78. The maximum absolute atomic E-state index is 13.0. The molecule has 1 N–H and O–H groups in total. The van der Waals surface area contributed by atoms with Gasteiger partial charge < -0.3 is 19.5 Å². The summed E-state index contributed by atoms with van der Waals surface area (Å²) in [5, 5.41) is 3.07. The fourth-order valence-electron chi connectivity index (χ4n) is 3.20. The topological polar surface area (TPSA) is 94.2 Å². The molecular formula is C22H25ClN2O6S. The van der Waals surface area contributed by atoms with Gasteiger partial charge in [-0.2, -0.15) is 4.31 Å². The van der Waals surface area contributed by atoms with Crippen molar-refractivity contribution in [3.63, 3.8) is 0 Å². The molecule has 0 unspecified atom stereocenters. The minimum Gasteiger partial charge on any atom is -0.492 e. The highest BCUT2D eigenvalue weighted by atomic mass is 35.5. The van der Waals surface area contributed by atoms with Gasteiger partial charge in [0.05, 0.1) is 11.6 Å². The molecule has 32 heavy (non-hydrogen) atoms. The Morgan fingerprint density at radius 2 is 1.94 bits per heavy atom. The van der Waals surface area contributed by atoms with Crippen LogP contribution >= 0.6 is 11.6 Å². The molecule has 1 aliphatic heterocycles. The first-order chi connectivity index (χ1) is 15.3. The van der Waals surface area contributed by atoms with Gasteiger partial charge in [-0.25, -0.2) is 8.42 Å². The average molecular weight is 481 g/mol. The largest absolute Gasteiger partial charge is 0.492 e. The van der Waals surface area contributed by atoms with Crippen molar-refractivity contribution in [1.29, 1.82) is 0 Å². The lowest BCUT2D eigenvalue weighted by molar-refractivity contribution is -0.111. The number of carbonyl (C=O) groups is 1. The van der Waals surface area contributed by atoms with Crippen LogP contribution in [0.25, 0.3) is 6.08 Å². The van der Waals surface area contributed by atoms with Crippen LogP contribution < -0.4 is 19.5 Å². The zero-order valence-corrected chi connectivity index (χ0v) is 19.6. The van der Waals surface area contributed by atoms with Crippen LogP contribution in [-0.4, -0.2) is 45.1 Å². The molecule has 0 atom stereocenters. The summed E-state index contributed by atoms with van der Waals surface area (Å²) in [6.07, 6.45) is 2.90. The van der Waals surface area contributed by atoms with E-state index in [2.05, 4.69) is 5.32 Å². The van der Waals surface area contributed by atoms with E-state index in [1.54, 1.807) is 45.0 Å². The first-order valence-electron chi connectivity index (χ1n) is 10.1. The van der Waals surface area contributed by atoms with Gasteiger partial charge in [0.15, 0.2) is 11.5 Å². The van der Waals surface area contributed by atoms with Crippen LogP contribution in [0.2, 0.25) is 5.02 Å². The molecule has 1 heterocycles. The molecule has 8 nitrogen and oxygen atoms in total. The van der Waals surface area contributed by atoms with Gasteiger partial charge in [-0.3, -0.25) is 4.79 Å². The summed E-state index contributed by atoms with van der Waals surface area (Å²) in [4.78, 5) is 12.5. The van der Waals surface area contributed by atoms with E-state index >= 15 is 0 Å². The van der Waals surface area contributed by atoms with E-state index in [4.69, 9.17) is 25.8 Å². The smallest absolute Gasteiger partial charge is 0.248 e. The summed E-state index contributed by atoms with van der Waals surface area (Å²) < 4.78 is 43.5. The first-order valence-corrected chi connectivity index (χ1v) is 12.0. The highest BCUT2D eigenvalue weighted by Crippen LogP contribution is 2.40.